The monoisotopic (exact) mass is 322 g/mol. The number of nitrogens with zero attached hydrogens (tertiary/aromatic N) is 1. The van der Waals surface area contributed by atoms with E-state index in [0.29, 0.717) is 6.42 Å². The zero-order valence-corrected chi connectivity index (χ0v) is 12.3. The third-order valence-electron chi connectivity index (χ3n) is 2.65. The Kier molecular flexibility index (Phi) is 5.88. The highest BCUT2D eigenvalue weighted by atomic mass is 35.5. The van der Waals surface area contributed by atoms with Crippen LogP contribution < -0.4 is 4.72 Å². The number of nitrogens with one attached hydrogen (secondary N) is 1. The van der Waals surface area contributed by atoms with Crippen LogP contribution in [0, 0.1) is 16.0 Å². The maximum atomic E-state index is 12.1. The van der Waals surface area contributed by atoms with Crippen LogP contribution in [0.2, 0.25) is 5.02 Å². The van der Waals surface area contributed by atoms with Gasteiger partial charge in [0.15, 0.2) is 4.90 Å². The Hall–Kier alpha value is -1.22. The van der Waals surface area contributed by atoms with Gasteiger partial charge in [-0.2, -0.15) is 0 Å². The summed E-state index contributed by atoms with van der Waals surface area (Å²) < 4.78 is 26.4. The summed E-state index contributed by atoms with van der Waals surface area (Å²) in [6.07, 6.45) is 0.436. The van der Waals surface area contributed by atoms with Gasteiger partial charge in [0.25, 0.3) is 5.69 Å². The number of sulfonamides is 1. The molecule has 112 valence electrons. The van der Waals surface area contributed by atoms with Crippen molar-refractivity contribution in [2.75, 3.05) is 13.2 Å². The lowest BCUT2D eigenvalue weighted by Gasteiger charge is -2.12. The van der Waals surface area contributed by atoms with E-state index in [-0.39, 0.29) is 24.1 Å². The fraction of sp³-hybridized carbons (Fsp3) is 0.455. The summed E-state index contributed by atoms with van der Waals surface area (Å²) in [6, 6.07) is 3.37. The third kappa shape index (κ3) is 4.41. The number of benzene rings is 1. The Balaban J connectivity index is 3.01. The summed E-state index contributed by atoms with van der Waals surface area (Å²) in [6.45, 7) is 1.79. The van der Waals surface area contributed by atoms with Gasteiger partial charge in [0, 0.05) is 24.2 Å². The Morgan fingerprint density at radius 3 is 2.70 bits per heavy atom. The molecule has 0 fully saturated rings. The van der Waals surface area contributed by atoms with Gasteiger partial charge in [0.2, 0.25) is 10.0 Å². The standard InChI is InChI=1S/C11H15ClN2O5S/c1-8(4-5-15)7-13-20(18,19)11-3-2-9(12)6-10(11)14(16)17/h2-3,6,8,13,15H,4-5,7H2,1H3. The summed E-state index contributed by atoms with van der Waals surface area (Å²) in [4.78, 5) is 9.66. The van der Waals surface area contributed by atoms with Crippen LogP contribution in [0.25, 0.3) is 0 Å². The first-order valence-corrected chi connectivity index (χ1v) is 7.68. The average Bonchev–Trinajstić information content (AvgIpc) is 2.36. The molecule has 2 N–H and O–H groups in total. The molecule has 7 nitrogen and oxygen atoms in total. The lowest BCUT2D eigenvalue weighted by atomic mass is 10.1. The number of aliphatic hydroxyl groups is 1. The summed E-state index contributed by atoms with van der Waals surface area (Å²) in [5.41, 5.74) is -0.570. The number of nitro benzene ring substituents is 1. The van der Waals surface area contributed by atoms with Gasteiger partial charge in [-0.1, -0.05) is 18.5 Å². The van der Waals surface area contributed by atoms with Gasteiger partial charge < -0.3 is 5.11 Å². The molecule has 1 aromatic carbocycles. The zero-order valence-electron chi connectivity index (χ0n) is 10.7. The molecule has 1 aromatic rings. The van der Waals surface area contributed by atoms with Crippen LogP contribution in [0.4, 0.5) is 5.69 Å². The zero-order chi connectivity index (χ0) is 15.3. The first-order valence-electron chi connectivity index (χ1n) is 5.82. The van der Waals surface area contributed by atoms with E-state index < -0.39 is 25.5 Å². The Bertz CT molecular complexity index is 590. The van der Waals surface area contributed by atoms with Gasteiger partial charge in [-0.05, 0) is 24.5 Å². The van der Waals surface area contributed by atoms with Crippen LogP contribution in [-0.2, 0) is 10.0 Å². The molecule has 1 unspecified atom stereocenters. The lowest BCUT2D eigenvalue weighted by molar-refractivity contribution is -0.387. The average molecular weight is 323 g/mol. The Labute approximate surface area is 121 Å². The molecule has 0 amide bonds. The minimum atomic E-state index is -4.00. The molecule has 0 heterocycles. The smallest absolute Gasteiger partial charge is 0.290 e. The van der Waals surface area contributed by atoms with E-state index in [1.165, 1.54) is 6.07 Å². The maximum absolute atomic E-state index is 12.1. The number of rotatable bonds is 7. The molecule has 0 aromatic heterocycles. The number of hydrogen-bond acceptors (Lipinski definition) is 5. The third-order valence-corrected chi connectivity index (χ3v) is 4.36. The van der Waals surface area contributed by atoms with Crippen molar-refractivity contribution in [3.05, 3.63) is 33.3 Å². The molecule has 1 rings (SSSR count). The molecule has 9 heteroatoms. The molecule has 0 spiro atoms. The van der Waals surface area contributed by atoms with E-state index in [2.05, 4.69) is 4.72 Å². The van der Waals surface area contributed by atoms with Gasteiger partial charge >= 0.3 is 0 Å². The predicted molar refractivity (Wildman–Crippen MR) is 74.2 cm³/mol. The molecule has 0 aliphatic heterocycles. The van der Waals surface area contributed by atoms with Gasteiger partial charge in [-0.25, -0.2) is 13.1 Å². The molecule has 0 radical (unpaired) electrons. The highest BCUT2D eigenvalue weighted by Gasteiger charge is 2.26. The maximum Gasteiger partial charge on any atom is 0.290 e. The Morgan fingerprint density at radius 1 is 1.50 bits per heavy atom. The largest absolute Gasteiger partial charge is 0.396 e. The lowest BCUT2D eigenvalue weighted by Crippen LogP contribution is -2.29. The van der Waals surface area contributed by atoms with Crippen LogP contribution in [0.5, 0.6) is 0 Å². The predicted octanol–water partition coefficient (Wildman–Crippen LogP) is 1.54. The number of aliphatic hydroxyl groups excluding tert-OH is 1. The summed E-state index contributed by atoms with van der Waals surface area (Å²) in [7, 11) is -4.00. The molecular formula is C11H15ClN2O5S. The highest BCUT2D eigenvalue weighted by Crippen LogP contribution is 2.27. The van der Waals surface area contributed by atoms with Crippen LogP contribution in [-0.4, -0.2) is 31.6 Å². The van der Waals surface area contributed by atoms with Crippen molar-refractivity contribution in [1.82, 2.24) is 4.72 Å². The Morgan fingerprint density at radius 2 is 2.15 bits per heavy atom. The molecule has 20 heavy (non-hydrogen) atoms. The van der Waals surface area contributed by atoms with E-state index in [1.807, 2.05) is 0 Å². The van der Waals surface area contributed by atoms with Crippen molar-refractivity contribution < 1.29 is 18.4 Å². The van der Waals surface area contributed by atoms with E-state index in [1.54, 1.807) is 6.92 Å². The van der Waals surface area contributed by atoms with Crippen LogP contribution in [0.1, 0.15) is 13.3 Å². The van der Waals surface area contributed by atoms with Crippen molar-refractivity contribution >= 4 is 27.3 Å². The van der Waals surface area contributed by atoms with E-state index in [9.17, 15) is 18.5 Å². The SMILES string of the molecule is CC(CCO)CNS(=O)(=O)c1ccc(Cl)cc1[N+](=O)[O-]. The van der Waals surface area contributed by atoms with Gasteiger partial charge in [-0.3, -0.25) is 10.1 Å². The highest BCUT2D eigenvalue weighted by molar-refractivity contribution is 7.89. The molecule has 0 aliphatic carbocycles. The minimum Gasteiger partial charge on any atom is -0.396 e. The molecule has 0 bridgehead atoms. The number of nitro groups is 1. The van der Waals surface area contributed by atoms with Crippen molar-refractivity contribution in [3.8, 4) is 0 Å². The normalized spacial score (nSPS) is 13.2. The van der Waals surface area contributed by atoms with Gasteiger partial charge in [-0.15, -0.1) is 0 Å². The van der Waals surface area contributed by atoms with Crippen molar-refractivity contribution in [3.63, 3.8) is 0 Å². The van der Waals surface area contributed by atoms with Crippen molar-refractivity contribution in [2.45, 2.75) is 18.2 Å². The molecule has 1 atom stereocenters. The summed E-state index contributed by atoms with van der Waals surface area (Å²) in [5, 5.41) is 19.7. The molecule has 0 saturated carbocycles. The van der Waals surface area contributed by atoms with Crippen LogP contribution in [0.3, 0.4) is 0 Å². The first kappa shape index (κ1) is 16.8. The minimum absolute atomic E-state index is 0.0516. The number of hydrogen-bond donors (Lipinski definition) is 2. The van der Waals surface area contributed by atoms with E-state index in [0.717, 1.165) is 12.1 Å². The quantitative estimate of drug-likeness (QED) is 0.584. The van der Waals surface area contributed by atoms with Crippen LogP contribution in [0.15, 0.2) is 23.1 Å². The van der Waals surface area contributed by atoms with Gasteiger partial charge in [0.1, 0.15) is 0 Å². The number of halogens is 1. The molecule has 0 aliphatic rings. The van der Waals surface area contributed by atoms with Crippen molar-refractivity contribution in [1.29, 1.82) is 0 Å². The van der Waals surface area contributed by atoms with E-state index >= 15 is 0 Å². The van der Waals surface area contributed by atoms with E-state index in [4.69, 9.17) is 16.7 Å². The first-order chi connectivity index (χ1) is 9.27. The molecular weight excluding hydrogens is 308 g/mol. The molecule has 0 saturated heterocycles. The van der Waals surface area contributed by atoms with Crippen molar-refractivity contribution in [2.24, 2.45) is 5.92 Å². The second-order valence-electron chi connectivity index (χ2n) is 4.34. The summed E-state index contributed by atoms with van der Waals surface area (Å²) in [5.74, 6) is -0.0823. The fourth-order valence-corrected chi connectivity index (χ4v) is 2.99. The topological polar surface area (TPSA) is 110 Å². The summed E-state index contributed by atoms with van der Waals surface area (Å²) >= 11 is 5.63. The second-order valence-corrected chi connectivity index (χ2v) is 6.51. The van der Waals surface area contributed by atoms with Crippen LogP contribution >= 0.6 is 11.6 Å². The second kappa shape index (κ2) is 6.98. The van der Waals surface area contributed by atoms with Gasteiger partial charge in [0.05, 0.1) is 4.92 Å². The fourth-order valence-electron chi connectivity index (χ4n) is 1.51.